The lowest BCUT2D eigenvalue weighted by molar-refractivity contribution is -0.121. The molecule has 0 unspecified atom stereocenters. The Kier molecular flexibility index (Phi) is 5.58. The molecule has 120 valence electrons. The van der Waals surface area contributed by atoms with Gasteiger partial charge < -0.3 is 10.2 Å². The van der Waals surface area contributed by atoms with Crippen molar-refractivity contribution < 1.29 is 9.59 Å². The highest BCUT2D eigenvalue weighted by molar-refractivity contribution is 5.92. The Labute approximate surface area is 132 Å². The molecule has 0 aromatic heterocycles. The monoisotopic (exact) mass is 302 g/mol. The number of amides is 2. The minimum atomic E-state index is -0.0306. The van der Waals surface area contributed by atoms with Gasteiger partial charge in [0.1, 0.15) is 0 Å². The van der Waals surface area contributed by atoms with Gasteiger partial charge in [-0.2, -0.15) is 0 Å². The Morgan fingerprint density at radius 3 is 2.45 bits per heavy atom. The first kappa shape index (κ1) is 16.5. The number of hydrogen-bond donors (Lipinski definition) is 1. The van der Waals surface area contributed by atoms with E-state index in [1.807, 2.05) is 32.0 Å². The molecule has 0 saturated heterocycles. The van der Waals surface area contributed by atoms with Crippen molar-refractivity contribution in [2.45, 2.75) is 58.9 Å². The molecule has 1 saturated carbocycles. The van der Waals surface area contributed by atoms with Gasteiger partial charge in [0, 0.05) is 31.6 Å². The van der Waals surface area contributed by atoms with Crippen molar-refractivity contribution in [2.75, 3.05) is 11.4 Å². The van der Waals surface area contributed by atoms with E-state index < -0.39 is 0 Å². The van der Waals surface area contributed by atoms with Crippen LogP contribution in [-0.4, -0.2) is 24.4 Å². The summed E-state index contributed by atoms with van der Waals surface area (Å²) in [6, 6.07) is 6.29. The first-order valence-electron chi connectivity index (χ1n) is 8.12. The molecule has 1 aliphatic rings. The molecule has 4 heteroatoms. The minimum Gasteiger partial charge on any atom is -0.353 e. The molecule has 0 spiro atoms. The lowest BCUT2D eigenvalue weighted by Gasteiger charge is -2.22. The summed E-state index contributed by atoms with van der Waals surface area (Å²) in [6.07, 6.45) is 4.92. The molecule has 1 N–H and O–H groups in total. The molecule has 22 heavy (non-hydrogen) atoms. The second-order valence-corrected chi connectivity index (χ2v) is 6.24. The van der Waals surface area contributed by atoms with Gasteiger partial charge in [-0.15, -0.1) is 0 Å². The molecule has 1 aromatic carbocycles. The van der Waals surface area contributed by atoms with Gasteiger partial charge in [0.25, 0.3) is 0 Å². The lowest BCUT2D eigenvalue weighted by Crippen LogP contribution is -2.37. The number of hydrogen-bond acceptors (Lipinski definition) is 2. The van der Waals surface area contributed by atoms with Gasteiger partial charge in [-0.1, -0.05) is 18.9 Å². The second-order valence-electron chi connectivity index (χ2n) is 6.24. The third kappa shape index (κ3) is 4.33. The second kappa shape index (κ2) is 7.43. The van der Waals surface area contributed by atoms with Crippen LogP contribution in [0.3, 0.4) is 0 Å². The fourth-order valence-corrected chi connectivity index (χ4v) is 2.95. The number of nitrogens with one attached hydrogen (secondary N) is 1. The van der Waals surface area contributed by atoms with E-state index in [0.717, 1.165) is 24.1 Å². The van der Waals surface area contributed by atoms with Crippen molar-refractivity contribution in [1.82, 2.24) is 5.32 Å². The highest BCUT2D eigenvalue weighted by Crippen LogP contribution is 2.20. The summed E-state index contributed by atoms with van der Waals surface area (Å²) in [5.74, 6) is 0.0129. The number of aryl methyl sites for hydroxylation is 2. The molecule has 1 aromatic rings. The van der Waals surface area contributed by atoms with Crippen LogP contribution in [0.2, 0.25) is 0 Å². The SMILES string of the molecule is CC(=O)N(CCC(=O)NC1CCCC1)c1ccc(C)c(C)c1. The first-order valence-corrected chi connectivity index (χ1v) is 8.12. The standard InChI is InChI=1S/C18H26N2O2/c1-13-8-9-17(12-14(13)2)20(15(3)21)11-10-18(22)19-16-6-4-5-7-16/h8-9,12,16H,4-7,10-11H2,1-3H3,(H,19,22). The molecule has 4 nitrogen and oxygen atoms in total. The van der Waals surface area contributed by atoms with Gasteiger partial charge in [0.2, 0.25) is 11.8 Å². The molecule has 0 heterocycles. The van der Waals surface area contributed by atoms with E-state index in [1.54, 1.807) is 11.8 Å². The van der Waals surface area contributed by atoms with Crippen LogP contribution in [0.1, 0.15) is 50.2 Å². The Morgan fingerprint density at radius 2 is 1.86 bits per heavy atom. The average Bonchev–Trinajstić information content (AvgIpc) is 2.95. The predicted octanol–water partition coefficient (Wildman–Crippen LogP) is 3.11. The maximum Gasteiger partial charge on any atom is 0.223 e. The number of carbonyl (C=O) groups excluding carboxylic acids is 2. The normalized spacial score (nSPS) is 14.9. The zero-order chi connectivity index (χ0) is 16.1. The van der Waals surface area contributed by atoms with E-state index in [0.29, 0.717) is 19.0 Å². The van der Waals surface area contributed by atoms with E-state index in [-0.39, 0.29) is 11.8 Å². The minimum absolute atomic E-state index is 0.0306. The van der Waals surface area contributed by atoms with Crippen LogP contribution in [0.4, 0.5) is 5.69 Å². The smallest absolute Gasteiger partial charge is 0.223 e. The fourth-order valence-electron chi connectivity index (χ4n) is 2.95. The molecule has 1 fully saturated rings. The number of rotatable bonds is 5. The van der Waals surface area contributed by atoms with Crippen LogP contribution in [0.25, 0.3) is 0 Å². The van der Waals surface area contributed by atoms with E-state index in [2.05, 4.69) is 5.32 Å². The van der Waals surface area contributed by atoms with Gasteiger partial charge in [0.05, 0.1) is 0 Å². The Morgan fingerprint density at radius 1 is 1.18 bits per heavy atom. The van der Waals surface area contributed by atoms with Crippen molar-refractivity contribution in [1.29, 1.82) is 0 Å². The molecule has 2 rings (SSSR count). The van der Waals surface area contributed by atoms with Gasteiger partial charge in [-0.25, -0.2) is 0 Å². The fraction of sp³-hybridized carbons (Fsp3) is 0.556. The third-order valence-electron chi connectivity index (χ3n) is 4.47. The van der Waals surface area contributed by atoms with Gasteiger partial charge in [-0.05, 0) is 49.9 Å². The number of nitrogens with zero attached hydrogens (tertiary/aromatic N) is 1. The maximum atomic E-state index is 12.0. The Hall–Kier alpha value is -1.84. The quantitative estimate of drug-likeness (QED) is 0.908. The predicted molar refractivity (Wildman–Crippen MR) is 89.0 cm³/mol. The summed E-state index contributed by atoms with van der Waals surface area (Å²) in [6.45, 7) is 6.05. The highest BCUT2D eigenvalue weighted by atomic mass is 16.2. The van der Waals surface area contributed by atoms with Crippen LogP contribution >= 0.6 is 0 Å². The summed E-state index contributed by atoms with van der Waals surface area (Å²) in [7, 11) is 0. The topological polar surface area (TPSA) is 49.4 Å². The first-order chi connectivity index (χ1) is 10.5. The summed E-state index contributed by atoms with van der Waals surface area (Å²) < 4.78 is 0. The Balaban J connectivity index is 1.95. The Bertz CT molecular complexity index is 548. The van der Waals surface area contributed by atoms with E-state index in [9.17, 15) is 9.59 Å². The highest BCUT2D eigenvalue weighted by Gasteiger charge is 2.18. The largest absolute Gasteiger partial charge is 0.353 e. The van der Waals surface area contributed by atoms with E-state index >= 15 is 0 Å². The zero-order valence-electron chi connectivity index (χ0n) is 13.8. The van der Waals surface area contributed by atoms with Crippen LogP contribution in [-0.2, 0) is 9.59 Å². The number of anilines is 1. The molecule has 0 aliphatic heterocycles. The molecule has 0 radical (unpaired) electrons. The summed E-state index contributed by atoms with van der Waals surface area (Å²) in [5.41, 5.74) is 3.22. The lowest BCUT2D eigenvalue weighted by atomic mass is 10.1. The molecule has 2 amide bonds. The van der Waals surface area contributed by atoms with Crippen molar-refractivity contribution in [2.24, 2.45) is 0 Å². The molecule has 0 bridgehead atoms. The van der Waals surface area contributed by atoms with Crippen LogP contribution < -0.4 is 10.2 Å². The van der Waals surface area contributed by atoms with Crippen molar-refractivity contribution in [3.05, 3.63) is 29.3 Å². The summed E-state index contributed by atoms with van der Waals surface area (Å²) in [4.78, 5) is 25.6. The van der Waals surface area contributed by atoms with E-state index in [4.69, 9.17) is 0 Å². The van der Waals surface area contributed by atoms with E-state index in [1.165, 1.54) is 18.4 Å². The van der Waals surface area contributed by atoms with Gasteiger partial charge in [0.15, 0.2) is 0 Å². The molecule has 1 aliphatic carbocycles. The molecular weight excluding hydrogens is 276 g/mol. The van der Waals surface area contributed by atoms with Gasteiger partial charge in [-0.3, -0.25) is 9.59 Å². The van der Waals surface area contributed by atoms with Crippen LogP contribution in [0, 0.1) is 13.8 Å². The van der Waals surface area contributed by atoms with Crippen molar-refractivity contribution >= 4 is 17.5 Å². The molecular formula is C18H26N2O2. The van der Waals surface area contributed by atoms with Gasteiger partial charge >= 0.3 is 0 Å². The van der Waals surface area contributed by atoms with Crippen molar-refractivity contribution in [3.8, 4) is 0 Å². The van der Waals surface area contributed by atoms with Crippen LogP contribution in [0.5, 0.6) is 0 Å². The third-order valence-corrected chi connectivity index (χ3v) is 4.47. The number of benzene rings is 1. The van der Waals surface area contributed by atoms with Crippen LogP contribution in [0.15, 0.2) is 18.2 Å². The molecule has 0 atom stereocenters. The summed E-state index contributed by atoms with van der Waals surface area (Å²) >= 11 is 0. The number of carbonyl (C=O) groups is 2. The summed E-state index contributed by atoms with van der Waals surface area (Å²) in [5, 5.41) is 3.07. The average molecular weight is 302 g/mol. The zero-order valence-corrected chi connectivity index (χ0v) is 13.8. The maximum absolute atomic E-state index is 12.0. The van der Waals surface area contributed by atoms with Crippen molar-refractivity contribution in [3.63, 3.8) is 0 Å².